The second kappa shape index (κ2) is 7.64. The number of hydrazine groups is 1. The molecule has 0 bridgehead atoms. The number of thioether (sulfide) groups is 1. The third-order valence-electron chi connectivity index (χ3n) is 2.93. The summed E-state index contributed by atoms with van der Waals surface area (Å²) in [6.07, 6.45) is 1.79. The van der Waals surface area contributed by atoms with E-state index < -0.39 is 11.8 Å². The van der Waals surface area contributed by atoms with Gasteiger partial charge in [-0.15, -0.1) is 11.8 Å². The van der Waals surface area contributed by atoms with Crippen molar-refractivity contribution in [1.82, 2.24) is 16.2 Å². The highest BCUT2D eigenvalue weighted by Crippen LogP contribution is 2.24. The summed E-state index contributed by atoms with van der Waals surface area (Å²) >= 11 is 4.74. The van der Waals surface area contributed by atoms with Crippen molar-refractivity contribution in [2.75, 3.05) is 5.75 Å². The summed E-state index contributed by atoms with van der Waals surface area (Å²) in [6.45, 7) is 1.95. The first-order valence-corrected chi connectivity index (χ1v) is 8.52. The number of halogens is 1. The molecule has 1 aromatic carbocycles. The summed E-state index contributed by atoms with van der Waals surface area (Å²) in [6, 6.07) is 5.88. The van der Waals surface area contributed by atoms with Crippen molar-refractivity contribution in [2.45, 2.75) is 30.7 Å². The lowest BCUT2D eigenvalue weighted by Gasteiger charge is -2.08. The molecule has 0 saturated heterocycles. The highest BCUT2D eigenvalue weighted by atomic mass is 79.9. The van der Waals surface area contributed by atoms with Crippen molar-refractivity contribution in [1.29, 1.82) is 0 Å². The number of rotatable bonds is 4. The summed E-state index contributed by atoms with van der Waals surface area (Å²) in [5.74, 6) is -1.81. The lowest BCUT2D eigenvalue weighted by molar-refractivity contribution is -0.140. The fourth-order valence-electron chi connectivity index (χ4n) is 1.62. The molecule has 1 fully saturated rings. The van der Waals surface area contributed by atoms with E-state index in [4.69, 9.17) is 0 Å². The first-order valence-electron chi connectivity index (χ1n) is 6.74. The number of hydrogen-bond donors (Lipinski definition) is 3. The molecule has 0 heterocycles. The van der Waals surface area contributed by atoms with Gasteiger partial charge in [0.15, 0.2) is 0 Å². The van der Waals surface area contributed by atoms with Crippen molar-refractivity contribution in [3.05, 3.63) is 28.2 Å². The highest BCUT2D eigenvalue weighted by Gasteiger charge is 2.26. The van der Waals surface area contributed by atoms with Crippen LogP contribution in [0.5, 0.6) is 0 Å². The van der Waals surface area contributed by atoms with Gasteiger partial charge in [-0.2, -0.15) is 0 Å². The number of carbonyl (C=O) groups excluding carboxylic acids is 3. The quantitative estimate of drug-likeness (QED) is 0.413. The molecule has 3 N–H and O–H groups in total. The molecule has 8 heteroatoms. The van der Waals surface area contributed by atoms with Crippen LogP contribution in [-0.4, -0.2) is 29.5 Å². The zero-order valence-electron chi connectivity index (χ0n) is 11.9. The number of hydrogen-bond acceptors (Lipinski definition) is 4. The molecule has 0 aliphatic heterocycles. The molecule has 1 aromatic rings. The van der Waals surface area contributed by atoms with Gasteiger partial charge >= 0.3 is 11.8 Å². The van der Waals surface area contributed by atoms with Gasteiger partial charge in [-0.25, -0.2) is 0 Å². The number of nitrogens with one attached hydrogen (secondary N) is 3. The smallest absolute Gasteiger partial charge is 0.327 e. The van der Waals surface area contributed by atoms with E-state index in [1.807, 2.05) is 25.1 Å². The lowest BCUT2D eigenvalue weighted by atomic mass is 10.2. The monoisotopic (exact) mass is 385 g/mol. The summed E-state index contributed by atoms with van der Waals surface area (Å²) in [5.41, 5.74) is 5.39. The zero-order valence-corrected chi connectivity index (χ0v) is 14.3. The molecule has 2 rings (SSSR count). The van der Waals surface area contributed by atoms with Crippen LogP contribution in [-0.2, 0) is 14.4 Å². The normalized spacial score (nSPS) is 13.4. The molecule has 22 heavy (non-hydrogen) atoms. The Morgan fingerprint density at radius 3 is 2.59 bits per heavy atom. The van der Waals surface area contributed by atoms with Crippen molar-refractivity contribution < 1.29 is 14.4 Å². The van der Waals surface area contributed by atoms with Crippen molar-refractivity contribution in [2.24, 2.45) is 0 Å². The van der Waals surface area contributed by atoms with Crippen molar-refractivity contribution in [3.8, 4) is 0 Å². The number of amides is 3. The van der Waals surface area contributed by atoms with E-state index in [1.165, 1.54) is 11.8 Å². The minimum atomic E-state index is -0.856. The van der Waals surface area contributed by atoms with Crippen LogP contribution in [0.1, 0.15) is 18.4 Å². The van der Waals surface area contributed by atoms with Gasteiger partial charge in [0, 0.05) is 15.4 Å². The Morgan fingerprint density at radius 1 is 1.23 bits per heavy atom. The molecule has 6 nitrogen and oxygen atoms in total. The summed E-state index contributed by atoms with van der Waals surface area (Å²) in [7, 11) is 0. The van der Waals surface area contributed by atoms with Crippen LogP contribution in [0.4, 0.5) is 0 Å². The lowest BCUT2D eigenvalue weighted by Crippen LogP contribution is -2.49. The van der Waals surface area contributed by atoms with Crippen LogP contribution in [0.2, 0.25) is 0 Å². The topological polar surface area (TPSA) is 87.3 Å². The fourth-order valence-corrected chi connectivity index (χ4v) is 2.90. The van der Waals surface area contributed by atoms with E-state index in [0.29, 0.717) is 0 Å². The van der Waals surface area contributed by atoms with E-state index in [-0.39, 0.29) is 17.7 Å². The van der Waals surface area contributed by atoms with Gasteiger partial charge in [0.1, 0.15) is 0 Å². The van der Waals surface area contributed by atoms with Crippen LogP contribution in [0, 0.1) is 6.92 Å². The Labute approximate surface area is 140 Å². The highest BCUT2D eigenvalue weighted by molar-refractivity contribution is 9.10. The van der Waals surface area contributed by atoms with Gasteiger partial charge in [0.25, 0.3) is 0 Å². The number of benzene rings is 1. The Kier molecular flexibility index (Phi) is 5.84. The van der Waals surface area contributed by atoms with Crippen molar-refractivity contribution >= 4 is 45.4 Å². The van der Waals surface area contributed by atoms with Crippen LogP contribution in [0.3, 0.4) is 0 Å². The summed E-state index contributed by atoms with van der Waals surface area (Å²) in [4.78, 5) is 35.5. The minimum absolute atomic E-state index is 0.102. The zero-order chi connectivity index (χ0) is 16.1. The van der Waals surface area contributed by atoms with Crippen molar-refractivity contribution in [3.63, 3.8) is 0 Å². The first-order chi connectivity index (χ1) is 10.5. The average molecular weight is 386 g/mol. The molecule has 0 aromatic heterocycles. The van der Waals surface area contributed by atoms with Gasteiger partial charge in [-0.05, 0) is 43.5 Å². The molecule has 1 aliphatic carbocycles. The molecule has 1 saturated carbocycles. The maximum absolute atomic E-state index is 11.7. The standard InChI is InChI=1S/C14H16BrN3O3S/c1-8-6-9(15)2-5-11(8)22-7-12(19)17-18-14(21)13(20)16-10-3-4-10/h2,5-6,10H,3-4,7H2,1H3,(H,16,20)(H,17,19)(H,18,21). The van der Waals surface area contributed by atoms with Crippen LogP contribution < -0.4 is 16.2 Å². The number of carbonyl (C=O) groups is 3. The maximum atomic E-state index is 11.7. The predicted molar refractivity (Wildman–Crippen MR) is 87.1 cm³/mol. The third-order valence-corrected chi connectivity index (χ3v) is 4.60. The molecule has 1 aliphatic rings. The average Bonchev–Trinajstić information content (AvgIpc) is 3.27. The Hall–Kier alpha value is -1.54. The van der Waals surface area contributed by atoms with Crippen LogP contribution >= 0.6 is 27.7 Å². The van der Waals surface area contributed by atoms with E-state index in [2.05, 4.69) is 32.1 Å². The predicted octanol–water partition coefficient (Wildman–Crippen LogP) is 1.28. The van der Waals surface area contributed by atoms with E-state index in [9.17, 15) is 14.4 Å². The van der Waals surface area contributed by atoms with E-state index in [0.717, 1.165) is 27.8 Å². The van der Waals surface area contributed by atoms with Gasteiger partial charge < -0.3 is 5.32 Å². The van der Waals surface area contributed by atoms with E-state index in [1.54, 1.807) is 0 Å². The number of aryl methyl sites for hydroxylation is 1. The second-order valence-corrected chi connectivity index (χ2v) is 6.88. The summed E-state index contributed by atoms with van der Waals surface area (Å²) < 4.78 is 0.979. The molecule has 0 atom stereocenters. The van der Waals surface area contributed by atoms with E-state index >= 15 is 0 Å². The third kappa shape index (κ3) is 5.34. The van der Waals surface area contributed by atoms with Gasteiger partial charge in [-0.1, -0.05) is 15.9 Å². The Morgan fingerprint density at radius 2 is 1.95 bits per heavy atom. The maximum Gasteiger partial charge on any atom is 0.327 e. The molecule has 118 valence electrons. The molecule has 0 radical (unpaired) electrons. The molecule has 0 unspecified atom stereocenters. The molecule has 3 amide bonds. The molecular weight excluding hydrogens is 370 g/mol. The fraction of sp³-hybridized carbons (Fsp3) is 0.357. The van der Waals surface area contributed by atoms with Crippen LogP contribution in [0.25, 0.3) is 0 Å². The second-order valence-electron chi connectivity index (χ2n) is 4.95. The largest absolute Gasteiger partial charge is 0.345 e. The first kappa shape index (κ1) is 16.8. The SMILES string of the molecule is Cc1cc(Br)ccc1SCC(=O)NNC(=O)C(=O)NC1CC1. The Bertz CT molecular complexity index is 605. The molecular formula is C14H16BrN3O3S. The van der Waals surface area contributed by atoms with Gasteiger partial charge in [0.05, 0.1) is 5.75 Å². The van der Waals surface area contributed by atoms with Gasteiger partial charge in [-0.3, -0.25) is 25.2 Å². The van der Waals surface area contributed by atoms with Crippen LogP contribution in [0.15, 0.2) is 27.6 Å². The van der Waals surface area contributed by atoms with Gasteiger partial charge in [0.2, 0.25) is 5.91 Å². The minimum Gasteiger partial charge on any atom is -0.345 e. The molecule has 0 spiro atoms. The summed E-state index contributed by atoms with van der Waals surface area (Å²) in [5, 5.41) is 2.54. The Balaban J connectivity index is 1.71.